The van der Waals surface area contributed by atoms with Gasteiger partial charge >= 0.3 is 0 Å². The number of rotatable bonds is 4. The Morgan fingerprint density at radius 1 is 0.957 bits per heavy atom. The summed E-state index contributed by atoms with van der Waals surface area (Å²) in [5.41, 5.74) is 1.66. The van der Waals surface area contributed by atoms with E-state index in [1.54, 1.807) is 43.3 Å². The standard InChI is InChI=1S/C16H13N3O4/c1-10-8-14(23-19-10)16(21)18-12-5-2-4-11(9-12)17-15(20)13-6-3-7-22-13/h2-9H,1H3,(H,17,20)(H,18,21). The van der Waals surface area contributed by atoms with Crippen molar-refractivity contribution in [1.29, 1.82) is 0 Å². The van der Waals surface area contributed by atoms with Crippen LogP contribution in [0.25, 0.3) is 0 Å². The zero-order valence-electron chi connectivity index (χ0n) is 12.2. The Kier molecular flexibility index (Phi) is 3.92. The van der Waals surface area contributed by atoms with Crippen LogP contribution >= 0.6 is 0 Å². The molecule has 23 heavy (non-hydrogen) atoms. The number of aromatic nitrogens is 1. The molecule has 2 aromatic heterocycles. The number of hydrogen-bond acceptors (Lipinski definition) is 5. The molecule has 0 bridgehead atoms. The molecule has 0 radical (unpaired) electrons. The van der Waals surface area contributed by atoms with Gasteiger partial charge in [0.2, 0.25) is 5.76 Å². The molecule has 0 saturated heterocycles. The van der Waals surface area contributed by atoms with Crippen molar-refractivity contribution in [3.63, 3.8) is 0 Å². The molecule has 2 N–H and O–H groups in total. The molecule has 0 atom stereocenters. The lowest BCUT2D eigenvalue weighted by molar-refractivity contribution is 0.0984. The summed E-state index contributed by atoms with van der Waals surface area (Å²) in [5.74, 6) is -0.464. The van der Waals surface area contributed by atoms with E-state index >= 15 is 0 Å². The Hall–Kier alpha value is -3.35. The van der Waals surface area contributed by atoms with Crippen molar-refractivity contribution in [3.8, 4) is 0 Å². The first-order valence-electron chi connectivity index (χ1n) is 6.81. The fourth-order valence-electron chi connectivity index (χ4n) is 1.94. The third-order valence-electron chi connectivity index (χ3n) is 2.98. The molecule has 0 fully saturated rings. The van der Waals surface area contributed by atoms with Crippen LogP contribution in [0, 0.1) is 6.92 Å². The summed E-state index contributed by atoms with van der Waals surface area (Å²) in [6.45, 7) is 1.73. The number of benzene rings is 1. The number of anilines is 2. The van der Waals surface area contributed by atoms with Crippen molar-refractivity contribution in [2.45, 2.75) is 6.92 Å². The zero-order chi connectivity index (χ0) is 16.2. The lowest BCUT2D eigenvalue weighted by atomic mass is 10.2. The second-order valence-corrected chi connectivity index (χ2v) is 4.80. The molecular formula is C16H13N3O4. The average Bonchev–Trinajstić information content (AvgIpc) is 3.18. The van der Waals surface area contributed by atoms with E-state index in [9.17, 15) is 9.59 Å². The normalized spacial score (nSPS) is 10.3. The van der Waals surface area contributed by atoms with Crippen molar-refractivity contribution in [1.82, 2.24) is 5.16 Å². The summed E-state index contributed by atoms with van der Waals surface area (Å²) in [4.78, 5) is 23.9. The fraction of sp³-hybridized carbons (Fsp3) is 0.0625. The first kappa shape index (κ1) is 14.6. The molecule has 7 heteroatoms. The van der Waals surface area contributed by atoms with Crippen LogP contribution in [0.1, 0.15) is 26.8 Å². The Balaban J connectivity index is 1.70. The first-order valence-corrected chi connectivity index (χ1v) is 6.81. The van der Waals surface area contributed by atoms with Gasteiger partial charge in [0.25, 0.3) is 11.8 Å². The van der Waals surface area contributed by atoms with E-state index in [2.05, 4.69) is 15.8 Å². The number of carbonyl (C=O) groups is 2. The second kappa shape index (κ2) is 6.18. The molecule has 1 aromatic carbocycles. The van der Waals surface area contributed by atoms with Crippen LogP contribution in [0.4, 0.5) is 11.4 Å². The summed E-state index contributed by atoms with van der Waals surface area (Å²) >= 11 is 0. The van der Waals surface area contributed by atoms with Gasteiger partial charge in [0, 0.05) is 17.4 Å². The Morgan fingerprint density at radius 3 is 2.22 bits per heavy atom. The summed E-state index contributed by atoms with van der Waals surface area (Å²) in [5, 5.41) is 9.02. The van der Waals surface area contributed by atoms with Crippen molar-refractivity contribution < 1.29 is 18.5 Å². The van der Waals surface area contributed by atoms with E-state index in [1.807, 2.05) is 0 Å². The minimum atomic E-state index is -0.417. The van der Waals surface area contributed by atoms with Gasteiger partial charge in [-0.15, -0.1) is 0 Å². The van der Waals surface area contributed by atoms with Crippen molar-refractivity contribution in [2.24, 2.45) is 0 Å². The maximum Gasteiger partial charge on any atom is 0.294 e. The van der Waals surface area contributed by atoms with Gasteiger partial charge in [0.1, 0.15) is 0 Å². The smallest absolute Gasteiger partial charge is 0.294 e. The Morgan fingerprint density at radius 2 is 1.65 bits per heavy atom. The van der Waals surface area contributed by atoms with Crippen LogP contribution in [0.2, 0.25) is 0 Å². The molecule has 0 aliphatic heterocycles. The second-order valence-electron chi connectivity index (χ2n) is 4.80. The van der Waals surface area contributed by atoms with E-state index in [1.165, 1.54) is 12.3 Å². The van der Waals surface area contributed by atoms with E-state index in [-0.39, 0.29) is 17.4 Å². The molecule has 0 spiro atoms. The number of amides is 2. The van der Waals surface area contributed by atoms with Gasteiger partial charge in [-0.25, -0.2) is 0 Å². The highest BCUT2D eigenvalue weighted by Gasteiger charge is 2.13. The molecule has 116 valence electrons. The average molecular weight is 311 g/mol. The maximum absolute atomic E-state index is 12.0. The third-order valence-corrected chi connectivity index (χ3v) is 2.98. The maximum atomic E-state index is 12.0. The van der Waals surface area contributed by atoms with Crippen LogP contribution in [-0.2, 0) is 0 Å². The lowest BCUT2D eigenvalue weighted by Gasteiger charge is -2.07. The van der Waals surface area contributed by atoms with E-state index in [0.717, 1.165) is 0 Å². The van der Waals surface area contributed by atoms with E-state index in [0.29, 0.717) is 17.1 Å². The largest absolute Gasteiger partial charge is 0.459 e. The van der Waals surface area contributed by atoms with Crippen molar-refractivity contribution >= 4 is 23.2 Å². The number of aryl methyl sites for hydroxylation is 1. The van der Waals surface area contributed by atoms with Crippen LogP contribution in [-0.4, -0.2) is 17.0 Å². The molecule has 0 aliphatic carbocycles. The lowest BCUT2D eigenvalue weighted by Crippen LogP contribution is -2.13. The highest BCUT2D eigenvalue weighted by atomic mass is 16.5. The predicted molar refractivity (Wildman–Crippen MR) is 82.3 cm³/mol. The summed E-state index contributed by atoms with van der Waals surface area (Å²) in [6.07, 6.45) is 1.42. The molecule has 0 aliphatic rings. The highest BCUT2D eigenvalue weighted by Crippen LogP contribution is 2.17. The molecule has 3 aromatic rings. The van der Waals surface area contributed by atoms with E-state index < -0.39 is 5.91 Å². The molecule has 2 heterocycles. The fourth-order valence-corrected chi connectivity index (χ4v) is 1.94. The zero-order valence-corrected chi connectivity index (χ0v) is 12.2. The molecule has 3 rings (SSSR count). The highest BCUT2D eigenvalue weighted by molar-refractivity contribution is 6.04. The van der Waals surface area contributed by atoms with Crippen molar-refractivity contribution in [2.75, 3.05) is 10.6 Å². The molecule has 0 saturated carbocycles. The SMILES string of the molecule is Cc1cc(C(=O)Nc2cccc(NC(=O)c3ccco3)c2)on1. The predicted octanol–water partition coefficient (Wildman–Crippen LogP) is 3.08. The van der Waals surface area contributed by atoms with Crippen molar-refractivity contribution in [3.05, 3.63) is 65.9 Å². The van der Waals surface area contributed by atoms with Gasteiger partial charge in [0.05, 0.1) is 12.0 Å². The van der Waals surface area contributed by atoms with Gasteiger partial charge in [0.15, 0.2) is 5.76 Å². The molecular weight excluding hydrogens is 298 g/mol. The van der Waals surface area contributed by atoms with E-state index in [4.69, 9.17) is 8.94 Å². The minimum absolute atomic E-state index is 0.118. The summed E-state index contributed by atoms with van der Waals surface area (Å²) < 4.78 is 9.92. The van der Waals surface area contributed by atoms with Gasteiger partial charge in [-0.2, -0.15) is 0 Å². The van der Waals surface area contributed by atoms with Gasteiger partial charge in [-0.05, 0) is 37.3 Å². The molecule has 7 nitrogen and oxygen atoms in total. The third kappa shape index (κ3) is 3.46. The minimum Gasteiger partial charge on any atom is -0.459 e. The molecule has 2 amide bonds. The number of nitrogens with zero attached hydrogens (tertiary/aromatic N) is 1. The summed E-state index contributed by atoms with van der Waals surface area (Å²) in [6, 6.07) is 11.5. The number of furan rings is 1. The summed E-state index contributed by atoms with van der Waals surface area (Å²) in [7, 11) is 0. The van der Waals surface area contributed by atoms with Crippen LogP contribution in [0.5, 0.6) is 0 Å². The number of hydrogen-bond donors (Lipinski definition) is 2. The van der Waals surface area contributed by atoms with Gasteiger partial charge < -0.3 is 19.6 Å². The monoisotopic (exact) mass is 311 g/mol. The van der Waals surface area contributed by atoms with Crippen LogP contribution in [0.3, 0.4) is 0 Å². The first-order chi connectivity index (χ1) is 11.1. The topological polar surface area (TPSA) is 97.4 Å². The number of carbonyl (C=O) groups excluding carboxylic acids is 2. The Labute approximate surface area is 131 Å². The van der Waals surface area contributed by atoms with Gasteiger partial charge in [-0.1, -0.05) is 11.2 Å². The van der Waals surface area contributed by atoms with Gasteiger partial charge in [-0.3, -0.25) is 9.59 Å². The molecule has 0 unspecified atom stereocenters. The quantitative estimate of drug-likeness (QED) is 0.771. The van der Waals surface area contributed by atoms with Crippen LogP contribution < -0.4 is 10.6 Å². The Bertz CT molecular complexity index is 837. The van der Waals surface area contributed by atoms with Crippen LogP contribution in [0.15, 0.2) is 57.7 Å². The number of nitrogens with one attached hydrogen (secondary N) is 2.